The number of alkyl halides is 1. The van der Waals surface area contributed by atoms with Gasteiger partial charge in [-0.15, -0.1) is 11.6 Å². The molecule has 2 atom stereocenters. The van der Waals surface area contributed by atoms with Gasteiger partial charge < -0.3 is 0 Å². The summed E-state index contributed by atoms with van der Waals surface area (Å²) in [7, 11) is 0. The molecule has 2 unspecified atom stereocenters. The first-order chi connectivity index (χ1) is 8.18. The normalized spacial score (nSPS) is 27.0. The van der Waals surface area contributed by atoms with Crippen molar-refractivity contribution in [3.05, 3.63) is 35.4 Å². The largest absolute Gasteiger partial charge is 0.271 e. The van der Waals surface area contributed by atoms with E-state index in [0.29, 0.717) is 11.1 Å². The Bertz CT molecular complexity index is 470. The lowest BCUT2D eigenvalue weighted by Crippen LogP contribution is -2.35. The molecule has 5 heteroatoms. The standard InChI is InChI=1S/C12H10ClNO2S/c13-9-5-6-10(9)17-14-11(15)7-3-1-2-4-8(7)12(14)16/h1-4,9-10H,5-6H2. The molecule has 1 aromatic carbocycles. The SMILES string of the molecule is O=C1c2ccccc2C(=O)N1SC1CCC1Cl. The topological polar surface area (TPSA) is 37.4 Å². The molecule has 3 nitrogen and oxygen atoms in total. The van der Waals surface area contributed by atoms with Crippen molar-refractivity contribution in [2.75, 3.05) is 0 Å². The van der Waals surface area contributed by atoms with E-state index in [0.717, 1.165) is 12.8 Å². The molecule has 1 aliphatic heterocycles. The number of nitrogens with zero attached hydrogens (tertiary/aromatic N) is 1. The molecule has 1 aliphatic carbocycles. The van der Waals surface area contributed by atoms with Crippen molar-refractivity contribution in [2.24, 2.45) is 0 Å². The molecule has 0 radical (unpaired) electrons. The van der Waals surface area contributed by atoms with Crippen LogP contribution in [-0.2, 0) is 0 Å². The van der Waals surface area contributed by atoms with E-state index < -0.39 is 0 Å². The fourth-order valence-electron chi connectivity index (χ4n) is 1.95. The van der Waals surface area contributed by atoms with Crippen LogP contribution in [0.5, 0.6) is 0 Å². The molecule has 0 bridgehead atoms. The molecule has 17 heavy (non-hydrogen) atoms. The summed E-state index contributed by atoms with van der Waals surface area (Å²) in [6.07, 6.45) is 1.93. The predicted octanol–water partition coefficient (Wildman–Crippen LogP) is 2.70. The maximum absolute atomic E-state index is 12.0. The van der Waals surface area contributed by atoms with Gasteiger partial charge in [-0.3, -0.25) is 9.59 Å². The van der Waals surface area contributed by atoms with Crippen LogP contribution in [0.1, 0.15) is 33.6 Å². The van der Waals surface area contributed by atoms with Crippen LogP contribution in [0.3, 0.4) is 0 Å². The lowest BCUT2D eigenvalue weighted by molar-refractivity contribution is 0.0775. The van der Waals surface area contributed by atoms with E-state index >= 15 is 0 Å². The lowest BCUT2D eigenvalue weighted by atomic mass is 9.99. The Morgan fingerprint density at radius 2 is 1.71 bits per heavy atom. The van der Waals surface area contributed by atoms with E-state index in [1.807, 2.05) is 0 Å². The van der Waals surface area contributed by atoms with Gasteiger partial charge in [0.1, 0.15) is 0 Å². The van der Waals surface area contributed by atoms with Gasteiger partial charge in [-0.1, -0.05) is 12.1 Å². The van der Waals surface area contributed by atoms with Crippen LogP contribution in [0.25, 0.3) is 0 Å². The molecular weight excluding hydrogens is 258 g/mol. The minimum absolute atomic E-state index is 0.0734. The molecule has 1 heterocycles. The minimum atomic E-state index is -0.216. The number of hydrogen-bond acceptors (Lipinski definition) is 3. The fraction of sp³-hybridized carbons (Fsp3) is 0.333. The number of carbonyl (C=O) groups excluding carboxylic acids is 2. The van der Waals surface area contributed by atoms with Crippen LogP contribution in [-0.4, -0.2) is 26.7 Å². The zero-order valence-electron chi connectivity index (χ0n) is 8.93. The highest BCUT2D eigenvalue weighted by atomic mass is 35.5. The second-order valence-corrected chi connectivity index (χ2v) is 5.93. The first kappa shape index (κ1) is 11.1. The molecular formula is C12H10ClNO2S. The summed E-state index contributed by atoms with van der Waals surface area (Å²) in [6, 6.07) is 6.92. The number of carbonyl (C=O) groups is 2. The Kier molecular flexibility index (Phi) is 2.64. The van der Waals surface area contributed by atoms with E-state index in [4.69, 9.17) is 11.6 Å². The van der Waals surface area contributed by atoms with Gasteiger partial charge in [-0.25, -0.2) is 4.31 Å². The summed E-state index contributed by atoms with van der Waals surface area (Å²) >= 11 is 7.31. The summed E-state index contributed by atoms with van der Waals surface area (Å²) in [5, 5.41) is 0.253. The van der Waals surface area contributed by atoms with Crippen molar-refractivity contribution in [1.29, 1.82) is 0 Å². The van der Waals surface area contributed by atoms with Crippen LogP contribution in [0, 0.1) is 0 Å². The van der Waals surface area contributed by atoms with Crippen LogP contribution in [0.15, 0.2) is 24.3 Å². The molecule has 0 N–H and O–H groups in total. The maximum Gasteiger partial charge on any atom is 0.271 e. The fourth-order valence-corrected chi connectivity index (χ4v) is 3.50. The molecule has 0 saturated heterocycles. The van der Waals surface area contributed by atoms with E-state index in [1.54, 1.807) is 24.3 Å². The first-order valence-corrected chi connectivity index (χ1v) is 6.74. The van der Waals surface area contributed by atoms with Gasteiger partial charge in [-0.2, -0.15) is 0 Å². The average Bonchev–Trinajstić information content (AvgIpc) is 2.59. The van der Waals surface area contributed by atoms with Gasteiger partial charge in [0.25, 0.3) is 11.8 Å². The van der Waals surface area contributed by atoms with Crippen molar-refractivity contribution in [2.45, 2.75) is 23.5 Å². The van der Waals surface area contributed by atoms with E-state index in [1.165, 1.54) is 16.3 Å². The van der Waals surface area contributed by atoms with Crippen molar-refractivity contribution in [1.82, 2.24) is 4.31 Å². The monoisotopic (exact) mass is 267 g/mol. The molecule has 2 aliphatic rings. The zero-order chi connectivity index (χ0) is 12.0. The van der Waals surface area contributed by atoms with Gasteiger partial charge in [-0.05, 0) is 36.9 Å². The maximum atomic E-state index is 12.0. The number of rotatable bonds is 2. The number of hydrogen-bond donors (Lipinski definition) is 0. The van der Waals surface area contributed by atoms with E-state index in [2.05, 4.69) is 0 Å². The second kappa shape index (κ2) is 4.03. The van der Waals surface area contributed by atoms with Crippen molar-refractivity contribution in [3.8, 4) is 0 Å². The number of fused-ring (bicyclic) bond motifs is 1. The smallest absolute Gasteiger partial charge is 0.268 e. The molecule has 1 fully saturated rings. The van der Waals surface area contributed by atoms with Crippen LogP contribution >= 0.6 is 23.5 Å². The van der Waals surface area contributed by atoms with Gasteiger partial charge in [0.2, 0.25) is 0 Å². The Hall–Kier alpha value is -1.00. The zero-order valence-corrected chi connectivity index (χ0v) is 10.5. The minimum Gasteiger partial charge on any atom is -0.268 e. The molecule has 88 valence electrons. The summed E-state index contributed by atoms with van der Waals surface area (Å²) in [5.74, 6) is -0.433. The third-order valence-corrected chi connectivity index (χ3v) is 5.18. The highest BCUT2D eigenvalue weighted by molar-refractivity contribution is 7.98. The number of imide groups is 1. The Morgan fingerprint density at radius 3 is 2.12 bits per heavy atom. The van der Waals surface area contributed by atoms with E-state index in [-0.39, 0.29) is 22.4 Å². The van der Waals surface area contributed by atoms with Gasteiger partial charge >= 0.3 is 0 Å². The van der Waals surface area contributed by atoms with Gasteiger partial charge in [0, 0.05) is 10.6 Å². The first-order valence-electron chi connectivity index (χ1n) is 5.47. The van der Waals surface area contributed by atoms with Crippen LogP contribution in [0.2, 0.25) is 0 Å². The van der Waals surface area contributed by atoms with E-state index in [9.17, 15) is 9.59 Å². The second-order valence-electron chi connectivity index (χ2n) is 4.19. The molecule has 0 spiro atoms. The summed E-state index contributed by atoms with van der Waals surface area (Å²) in [4.78, 5) is 24.1. The van der Waals surface area contributed by atoms with Crippen molar-refractivity contribution in [3.63, 3.8) is 0 Å². The summed E-state index contributed by atoms with van der Waals surface area (Å²) in [6.45, 7) is 0. The number of amides is 2. The highest BCUT2D eigenvalue weighted by Gasteiger charge is 2.40. The predicted molar refractivity (Wildman–Crippen MR) is 67.2 cm³/mol. The summed E-state index contributed by atoms with van der Waals surface area (Å²) < 4.78 is 1.25. The third-order valence-electron chi connectivity index (χ3n) is 3.13. The molecule has 1 aromatic rings. The third kappa shape index (κ3) is 1.67. The summed E-state index contributed by atoms with van der Waals surface area (Å²) in [5.41, 5.74) is 0.992. The van der Waals surface area contributed by atoms with Crippen LogP contribution < -0.4 is 0 Å². The van der Waals surface area contributed by atoms with Gasteiger partial charge in [0.05, 0.1) is 11.1 Å². The van der Waals surface area contributed by atoms with Gasteiger partial charge in [0.15, 0.2) is 0 Å². The Morgan fingerprint density at radius 1 is 1.12 bits per heavy atom. The molecule has 3 rings (SSSR count). The molecule has 1 saturated carbocycles. The molecule has 0 aromatic heterocycles. The van der Waals surface area contributed by atoms with Crippen molar-refractivity contribution < 1.29 is 9.59 Å². The molecule has 2 amide bonds. The average molecular weight is 268 g/mol. The quantitative estimate of drug-likeness (QED) is 0.470. The number of halogens is 1. The highest BCUT2D eigenvalue weighted by Crippen LogP contribution is 2.40. The van der Waals surface area contributed by atoms with Crippen LogP contribution in [0.4, 0.5) is 0 Å². The van der Waals surface area contributed by atoms with Crippen molar-refractivity contribution >= 4 is 35.4 Å². The number of benzene rings is 1. The lowest BCUT2D eigenvalue weighted by Gasteiger charge is -2.32. The Labute approximate surface area is 108 Å². The Balaban J connectivity index is 1.85.